The van der Waals surface area contributed by atoms with Crippen molar-refractivity contribution >= 4 is 33.2 Å². The van der Waals surface area contributed by atoms with Crippen molar-refractivity contribution in [2.24, 2.45) is 5.92 Å². The lowest BCUT2D eigenvalue weighted by molar-refractivity contribution is -0.114. The minimum absolute atomic E-state index is 0.161. The molecule has 1 aliphatic heterocycles. The number of sulfonamides is 1. The highest BCUT2D eigenvalue weighted by Gasteiger charge is 2.36. The quantitative estimate of drug-likeness (QED) is 0.556. The van der Waals surface area contributed by atoms with Crippen molar-refractivity contribution in [1.29, 1.82) is 0 Å². The molecule has 8 heteroatoms. The van der Waals surface area contributed by atoms with Crippen LogP contribution in [0, 0.1) is 12.8 Å². The fourth-order valence-electron chi connectivity index (χ4n) is 3.92. The third-order valence-corrected chi connectivity index (χ3v) is 7.39. The minimum atomic E-state index is -3.95. The molecule has 0 spiro atoms. The maximum Gasteiger partial charge on any atom is 0.265 e. The topological polar surface area (TPSA) is 95.6 Å². The fraction of sp³-hybridized carbons (Fsp3) is 0.231. The van der Waals surface area contributed by atoms with E-state index in [9.17, 15) is 18.0 Å². The lowest BCUT2D eigenvalue weighted by Crippen LogP contribution is -2.40. The normalized spacial score (nSPS) is 13.7. The highest BCUT2D eigenvalue weighted by Crippen LogP contribution is 2.43. The number of carbonyl (C=O) groups is 2. The van der Waals surface area contributed by atoms with Crippen LogP contribution >= 0.6 is 0 Å². The van der Waals surface area contributed by atoms with Crippen LogP contribution in [0.2, 0.25) is 0 Å². The second-order valence-electron chi connectivity index (χ2n) is 8.73. The van der Waals surface area contributed by atoms with E-state index in [-0.39, 0.29) is 16.7 Å². The van der Waals surface area contributed by atoms with Gasteiger partial charge in [0.25, 0.3) is 15.9 Å². The van der Waals surface area contributed by atoms with Crippen LogP contribution in [0.1, 0.15) is 29.8 Å². The Balaban J connectivity index is 1.63. The summed E-state index contributed by atoms with van der Waals surface area (Å²) in [5.41, 5.74) is 3.45. The van der Waals surface area contributed by atoms with Gasteiger partial charge in [-0.1, -0.05) is 55.8 Å². The summed E-state index contributed by atoms with van der Waals surface area (Å²) in [6.45, 7) is 6.00. The van der Waals surface area contributed by atoms with Gasteiger partial charge in [-0.15, -0.1) is 0 Å². The van der Waals surface area contributed by atoms with Gasteiger partial charge in [0.15, 0.2) is 0 Å². The van der Waals surface area contributed by atoms with Crippen molar-refractivity contribution in [3.63, 3.8) is 0 Å². The molecule has 0 saturated heterocycles. The molecule has 0 fully saturated rings. The average molecular weight is 478 g/mol. The number of nitrogens with zero attached hydrogens (tertiary/aromatic N) is 1. The van der Waals surface area contributed by atoms with Crippen molar-refractivity contribution in [2.45, 2.75) is 25.7 Å². The third-order valence-electron chi connectivity index (χ3n) is 5.57. The average Bonchev–Trinajstić information content (AvgIpc) is 2.81. The van der Waals surface area contributed by atoms with Gasteiger partial charge < -0.3 is 10.6 Å². The highest BCUT2D eigenvalue weighted by molar-refractivity contribution is 7.93. The molecule has 4 rings (SSSR count). The Labute approximate surface area is 199 Å². The first-order valence-electron chi connectivity index (χ1n) is 11.1. The van der Waals surface area contributed by atoms with Crippen LogP contribution < -0.4 is 14.9 Å². The van der Waals surface area contributed by atoms with Gasteiger partial charge in [0.1, 0.15) is 6.54 Å². The van der Waals surface area contributed by atoms with Gasteiger partial charge in [-0.25, -0.2) is 8.42 Å². The van der Waals surface area contributed by atoms with Gasteiger partial charge >= 0.3 is 0 Å². The van der Waals surface area contributed by atoms with Gasteiger partial charge in [0, 0.05) is 17.7 Å². The van der Waals surface area contributed by atoms with E-state index in [0.717, 1.165) is 15.4 Å². The summed E-state index contributed by atoms with van der Waals surface area (Å²) in [6.07, 6.45) is 0. The van der Waals surface area contributed by atoms with E-state index in [1.54, 1.807) is 54.6 Å². The minimum Gasteiger partial charge on any atom is -0.352 e. The first-order chi connectivity index (χ1) is 16.2. The van der Waals surface area contributed by atoms with E-state index in [2.05, 4.69) is 10.6 Å². The Bertz CT molecular complexity index is 1370. The Morgan fingerprint density at radius 3 is 2.41 bits per heavy atom. The predicted molar refractivity (Wildman–Crippen MR) is 133 cm³/mol. The number of aryl methyl sites for hydroxylation is 1. The molecule has 2 N–H and O–H groups in total. The predicted octanol–water partition coefficient (Wildman–Crippen LogP) is 4.20. The third kappa shape index (κ3) is 4.54. The Morgan fingerprint density at radius 2 is 1.65 bits per heavy atom. The molecule has 3 aromatic rings. The molecule has 176 valence electrons. The van der Waals surface area contributed by atoms with E-state index < -0.39 is 22.5 Å². The molecule has 3 aromatic carbocycles. The van der Waals surface area contributed by atoms with Crippen molar-refractivity contribution in [3.8, 4) is 11.1 Å². The van der Waals surface area contributed by atoms with Crippen LogP contribution in [0.25, 0.3) is 11.1 Å². The standard InChI is InChI=1S/C26H27N3O4S/c1-17(2)15-27-26(31)20-9-4-6-10-22(20)28-25(30)16-29-23-13-12-18(3)14-21(23)19-8-5-7-11-24(19)34(29,32)33/h4-14,17H,15-16H2,1-3H3,(H,27,31)(H,28,30). The fourth-order valence-corrected chi connectivity index (χ4v) is 5.57. The van der Waals surface area contributed by atoms with Crippen molar-refractivity contribution in [3.05, 3.63) is 77.9 Å². The lowest BCUT2D eigenvalue weighted by Gasteiger charge is -2.32. The molecule has 0 unspecified atom stereocenters. The number of hydrogen-bond acceptors (Lipinski definition) is 4. The van der Waals surface area contributed by atoms with Crippen molar-refractivity contribution in [2.75, 3.05) is 22.7 Å². The summed E-state index contributed by atoms with van der Waals surface area (Å²) in [5, 5.41) is 5.56. The number of amides is 2. The number of anilines is 2. The zero-order chi connectivity index (χ0) is 24.5. The molecular formula is C26H27N3O4S. The van der Waals surface area contributed by atoms with Crippen LogP contribution in [-0.2, 0) is 14.8 Å². The number of nitrogens with one attached hydrogen (secondary N) is 2. The van der Waals surface area contributed by atoms with E-state index >= 15 is 0 Å². The van der Waals surface area contributed by atoms with E-state index in [1.807, 2.05) is 32.9 Å². The smallest absolute Gasteiger partial charge is 0.265 e. The van der Waals surface area contributed by atoms with Crippen LogP contribution in [0.5, 0.6) is 0 Å². The van der Waals surface area contributed by atoms with Crippen LogP contribution in [0.4, 0.5) is 11.4 Å². The molecule has 1 heterocycles. The van der Waals surface area contributed by atoms with Gasteiger partial charge in [-0.3, -0.25) is 13.9 Å². The maximum atomic E-state index is 13.4. The number of para-hydroxylation sites is 1. The molecule has 0 atom stereocenters. The summed E-state index contributed by atoms with van der Waals surface area (Å²) >= 11 is 0. The van der Waals surface area contributed by atoms with Gasteiger partial charge in [0.05, 0.1) is 21.8 Å². The van der Waals surface area contributed by atoms with Crippen LogP contribution in [0.3, 0.4) is 0 Å². The molecule has 34 heavy (non-hydrogen) atoms. The molecule has 0 bridgehead atoms. The van der Waals surface area contributed by atoms with Gasteiger partial charge in [0.2, 0.25) is 5.91 Å². The maximum absolute atomic E-state index is 13.4. The molecular weight excluding hydrogens is 450 g/mol. The largest absolute Gasteiger partial charge is 0.352 e. The van der Waals surface area contributed by atoms with Gasteiger partial charge in [-0.05, 0) is 43.2 Å². The Morgan fingerprint density at radius 1 is 0.941 bits per heavy atom. The molecule has 0 radical (unpaired) electrons. The zero-order valence-corrected chi connectivity index (χ0v) is 20.1. The van der Waals surface area contributed by atoms with Gasteiger partial charge in [-0.2, -0.15) is 0 Å². The Kier molecular flexibility index (Phi) is 6.43. The van der Waals surface area contributed by atoms with Crippen LogP contribution in [0.15, 0.2) is 71.6 Å². The second kappa shape index (κ2) is 9.30. The number of rotatable bonds is 6. The first-order valence-corrected chi connectivity index (χ1v) is 12.5. The number of fused-ring (bicyclic) bond motifs is 3. The summed E-state index contributed by atoms with van der Waals surface area (Å²) in [4.78, 5) is 25.8. The van der Waals surface area contributed by atoms with E-state index in [0.29, 0.717) is 29.0 Å². The van der Waals surface area contributed by atoms with Crippen molar-refractivity contribution < 1.29 is 18.0 Å². The summed E-state index contributed by atoms with van der Waals surface area (Å²) < 4.78 is 28.0. The SMILES string of the molecule is Cc1ccc2c(c1)-c1ccccc1S(=O)(=O)N2CC(=O)Nc1ccccc1C(=O)NCC(C)C. The number of carbonyl (C=O) groups excluding carboxylic acids is 2. The number of benzene rings is 3. The molecule has 7 nitrogen and oxygen atoms in total. The number of hydrogen-bond donors (Lipinski definition) is 2. The Hall–Kier alpha value is -3.65. The molecule has 2 amide bonds. The van der Waals surface area contributed by atoms with Crippen molar-refractivity contribution in [1.82, 2.24) is 5.32 Å². The second-order valence-corrected chi connectivity index (χ2v) is 10.6. The zero-order valence-electron chi connectivity index (χ0n) is 19.3. The lowest BCUT2D eigenvalue weighted by atomic mass is 10.0. The summed E-state index contributed by atoms with van der Waals surface area (Å²) in [5.74, 6) is -0.565. The molecule has 1 aliphatic rings. The summed E-state index contributed by atoms with van der Waals surface area (Å²) in [6, 6.07) is 18.9. The highest BCUT2D eigenvalue weighted by atomic mass is 32.2. The monoisotopic (exact) mass is 477 g/mol. The molecule has 0 saturated carbocycles. The first kappa shape index (κ1) is 23.5. The van der Waals surface area contributed by atoms with Crippen LogP contribution in [-0.4, -0.2) is 33.3 Å². The molecule has 0 aliphatic carbocycles. The van der Waals surface area contributed by atoms with E-state index in [1.165, 1.54) is 0 Å². The molecule has 0 aromatic heterocycles. The van der Waals surface area contributed by atoms with E-state index in [4.69, 9.17) is 0 Å². The summed E-state index contributed by atoms with van der Waals surface area (Å²) in [7, 11) is -3.95.